The summed E-state index contributed by atoms with van der Waals surface area (Å²) in [5, 5.41) is 3.13. The number of amides is 1. The van der Waals surface area contributed by atoms with Gasteiger partial charge in [-0.1, -0.05) is 30.3 Å². The first-order valence-electron chi connectivity index (χ1n) is 7.33. The SMILES string of the molecule is NC1CCC(NC(=O)CCCc2ccccc2)CC1. The van der Waals surface area contributed by atoms with Crippen molar-refractivity contribution >= 4 is 5.91 Å². The van der Waals surface area contributed by atoms with Crippen molar-refractivity contribution in [2.24, 2.45) is 5.73 Å². The maximum Gasteiger partial charge on any atom is 0.220 e. The van der Waals surface area contributed by atoms with Crippen molar-refractivity contribution < 1.29 is 4.79 Å². The van der Waals surface area contributed by atoms with E-state index in [-0.39, 0.29) is 5.91 Å². The van der Waals surface area contributed by atoms with Crippen molar-refractivity contribution in [3.05, 3.63) is 35.9 Å². The summed E-state index contributed by atoms with van der Waals surface area (Å²) >= 11 is 0. The van der Waals surface area contributed by atoms with Gasteiger partial charge in [0, 0.05) is 18.5 Å². The number of nitrogens with one attached hydrogen (secondary N) is 1. The molecule has 3 nitrogen and oxygen atoms in total. The largest absolute Gasteiger partial charge is 0.353 e. The van der Waals surface area contributed by atoms with E-state index in [9.17, 15) is 4.79 Å². The first kappa shape index (κ1) is 14.1. The van der Waals surface area contributed by atoms with Crippen LogP contribution in [-0.2, 0) is 11.2 Å². The lowest BCUT2D eigenvalue weighted by Gasteiger charge is -2.26. The first-order chi connectivity index (χ1) is 9.24. The lowest BCUT2D eigenvalue weighted by Crippen LogP contribution is -2.40. The second-order valence-corrected chi connectivity index (χ2v) is 5.52. The zero-order chi connectivity index (χ0) is 13.5. The molecule has 0 unspecified atom stereocenters. The second kappa shape index (κ2) is 7.29. The molecule has 1 aliphatic rings. The van der Waals surface area contributed by atoms with E-state index in [0.717, 1.165) is 38.5 Å². The van der Waals surface area contributed by atoms with Crippen molar-refractivity contribution in [2.45, 2.75) is 57.0 Å². The number of benzene rings is 1. The van der Waals surface area contributed by atoms with E-state index in [4.69, 9.17) is 5.73 Å². The van der Waals surface area contributed by atoms with Gasteiger partial charge in [0.1, 0.15) is 0 Å². The zero-order valence-electron chi connectivity index (χ0n) is 11.5. The first-order valence-corrected chi connectivity index (χ1v) is 7.33. The lowest BCUT2D eigenvalue weighted by molar-refractivity contribution is -0.122. The minimum absolute atomic E-state index is 0.191. The maximum absolute atomic E-state index is 11.8. The number of carbonyl (C=O) groups excluding carboxylic acids is 1. The molecule has 0 aromatic heterocycles. The van der Waals surface area contributed by atoms with Crippen LogP contribution in [0.4, 0.5) is 0 Å². The molecule has 1 aromatic rings. The Morgan fingerprint density at radius 3 is 2.53 bits per heavy atom. The molecule has 0 spiro atoms. The van der Waals surface area contributed by atoms with Gasteiger partial charge in [0.05, 0.1) is 0 Å². The Morgan fingerprint density at radius 1 is 1.16 bits per heavy atom. The van der Waals surface area contributed by atoms with Crippen molar-refractivity contribution in [2.75, 3.05) is 0 Å². The quantitative estimate of drug-likeness (QED) is 0.854. The van der Waals surface area contributed by atoms with Crippen molar-refractivity contribution in [1.29, 1.82) is 0 Å². The summed E-state index contributed by atoms with van der Waals surface area (Å²) in [5.41, 5.74) is 7.16. The number of hydrogen-bond acceptors (Lipinski definition) is 2. The van der Waals surface area contributed by atoms with Crippen LogP contribution in [0.2, 0.25) is 0 Å². The van der Waals surface area contributed by atoms with Crippen LogP contribution in [0.1, 0.15) is 44.1 Å². The topological polar surface area (TPSA) is 55.1 Å². The van der Waals surface area contributed by atoms with E-state index < -0.39 is 0 Å². The van der Waals surface area contributed by atoms with Crippen LogP contribution in [0.5, 0.6) is 0 Å². The molecule has 0 aliphatic heterocycles. The van der Waals surface area contributed by atoms with Crippen LogP contribution in [0.25, 0.3) is 0 Å². The van der Waals surface area contributed by atoms with Gasteiger partial charge in [-0.2, -0.15) is 0 Å². The van der Waals surface area contributed by atoms with Gasteiger partial charge in [0.15, 0.2) is 0 Å². The molecule has 1 fully saturated rings. The standard InChI is InChI=1S/C16H24N2O/c17-14-9-11-15(12-10-14)18-16(19)8-4-7-13-5-2-1-3-6-13/h1-3,5-6,14-15H,4,7-12,17H2,(H,18,19). The highest BCUT2D eigenvalue weighted by molar-refractivity contribution is 5.76. The molecule has 104 valence electrons. The van der Waals surface area contributed by atoms with Crippen LogP contribution in [0, 0.1) is 0 Å². The molecule has 19 heavy (non-hydrogen) atoms. The Hall–Kier alpha value is -1.35. The van der Waals surface area contributed by atoms with Gasteiger partial charge in [-0.15, -0.1) is 0 Å². The number of carbonyl (C=O) groups is 1. The Kier molecular flexibility index (Phi) is 5.40. The monoisotopic (exact) mass is 260 g/mol. The van der Waals surface area contributed by atoms with Gasteiger partial charge < -0.3 is 11.1 Å². The summed E-state index contributed by atoms with van der Waals surface area (Å²) in [6, 6.07) is 11.0. The van der Waals surface area contributed by atoms with Crippen LogP contribution in [0.3, 0.4) is 0 Å². The highest BCUT2D eigenvalue weighted by Gasteiger charge is 2.19. The zero-order valence-corrected chi connectivity index (χ0v) is 11.5. The average Bonchev–Trinajstić information content (AvgIpc) is 2.43. The molecule has 1 amide bonds. The summed E-state index contributed by atoms with van der Waals surface area (Å²) in [5.74, 6) is 0.191. The molecule has 0 bridgehead atoms. The predicted molar refractivity (Wildman–Crippen MR) is 77.8 cm³/mol. The van der Waals surface area contributed by atoms with E-state index in [2.05, 4.69) is 17.4 Å². The van der Waals surface area contributed by atoms with Crippen molar-refractivity contribution in [3.8, 4) is 0 Å². The summed E-state index contributed by atoms with van der Waals surface area (Å²) in [7, 11) is 0. The molecule has 0 radical (unpaired) electrons. The molecule has 1 aromatic carbocycles. The summed E-state index contributed by atoms with van der Waals surface area (Å²) in [6.07, 6.45) is 6.66. The Morgan fingerprint density at radius 2 is 1.84 bits per heavy atom. The number of hydrogen-bond donors (Lipinski definition) is 2. The molecule has 3 N–H and O–H groups in total. The van der Waals surface area contributed by atoms with Crippen LogP contribution in [0.15, 0.2) is 30.3 Å². The second-order valence-electron chi connectivity index (χ2n) is 5.52. The van der Waals surface area contributed by atoms with Gasteiger partial charge in [-0.05, 0) is 44.1 Å². The van der Waals surface area contributed by atoms with Gasteiger partial charge in [0.25, 0.3) is 0 Å². The number of rotatable bonds is 5. The van der Waals surface area contributed by atoms with Gasteiger partial charge >= 0.3 is 0 Å². The molecule has 0 saturated heterocycles. The summed E-state index contributed by atoms with van der Waals surface area (Å²) in [6.45, 7) is 0. The van der Waals surface area contributed by atoms with Crippen LogP contribution < -0.4 is 11.1 Å². The maximum atomic E-state index is 11.8. The summed E-state index contributed by atoms with van der Waals surface area (Å²) in [4.78, 5) is 11.8. The average molecular weight is 260 g/mol. The Labute approximate surface area is 115 Å². The third-order valence-electron chi connectivity index (χ3n) is 3.85. The van der Waals surface area contributed by atoms with Crippen LogP contribution >= 0.6 is 0 Å². The fourth-order valence-corrected chi connectivity index (χ4v) is 2.66. The van der Waals surface area contributed by atoms with E-state index in [1.54, 1.807) is 0 Å². The van der Waals surface area contributed by atoms with Gasteiger partial charge in [-0.3, -0.25) is 4.79 Å². The number of aryl methyl sites for hydroxylation is 1. The molecule has 0 atom stereocenters. The third-order valence-corrected chi connectivity index (χ3v) is 3.85. The van der Waals surface area contributed by atoms with E-state index >= 15 is 0 Å². The van der Waals surface area contributed by atoms with Gasteiger partial charge in [0.2, 0.25) is 5.91 Å². The van der Waals surface area contributed by atoms with Crippen molar-refractivity contribution in [1.82, 2.24) is 5.32 Å². The fraction of sp³-hybridized carbons (Fsp3) is 0.562. The molecule has 1 aliphatic carbocycles. The Balaban J connectivity index is 1.62. The Bertz CT molecular complexity index is 383. The minimum Gasteiger partial charge on any atom is -0.353 e. The third kappa shape index (κ3) is 5.03. The molecule has 0 heterocycles. The van der Waals surface area contributed by atoms with E-state index in [1.807, 2.05) is 18.2 Å². The highest BCUT2D eigenvalue weighted by Crippen LogP contribution is 2.17. The molecule has 1 saturated carbocycles. The number of nitrogens with two attached hydrogens (primary N) is 1. The lowest BCUT2D eigenvalue weighted by atomic mass is 9.92. The van der Waals surface area contributed by atoms with E-state index in [0.29, 0.717) is 18.5 Å². The predicted octanol–water partition coefficient (Wildman–Crippen LogP) is 2.40. The van der Waals surface area contributed by atoms with Gasteiger partial charge in [-0.25, -0.2) is 0 Å². The molecule has 2 rings (SSSR count). The fourth-order valence-electron chi connectivity index (χ4n) is 2.66. The summed E-state index contributed by atoms with van der Waals surface area (Å²) < 4.78 is 0. The van der Waals surface area contributed by atoms with E-state index in [1.165, 1.54) is 5.56 Å². The molecular weight excluding hydrogens is 236 g/mol. The normalized spacial score (nSPS) is 23.0. The highest BCUT2D eigenvalue weighted by atomic mass is 16.1. The smallest absolute Gasteiger partial charge is 0.220 e. The minimum atomic E-state index is 0.191. The molecular formula is C16H24N2O. The van der Waals surface area contributed by atoms with Crippen LogP contribution in [-0.4, -0.2) is 18.0 Å². The van der Waals surface area contributed by atoms with Crippen molar-refractivity contribution in [3.63, 3.8) is 0 Å². The molecule has 3 heteroatoms.